The van der Waals surface area contributed by atoms with Crippen LogP contribution in [-0.2, 0) is 4.84 Å². The average Bonchev–Trinajstić information content (AvgIpc) is 2.04. The van der Waals surface area contributed by atoms with Crippen LogP contribution in [0.25, 0.3) is 0 Å². The monoisotopic (exact) mass is 176 g/mol. The van der Waals surface area contributed by atoms with E-state index in [1.54, 1.807) is 12.1 Å². The number of phenols is 1. The number of para-hydroxylation sites is 1. The van der Waals surface area contributed by atoms with E-state index in [-0.39, 0.29) is 40.9 Å². The molecule has 0 unspecified atom stereocenters. The van der Waals surface area contributed by atoms with Crippen LogP contribution in [0.5, 0.6) is 5.75 Å². The minimum atomic E-state index is -0.747. The number of benzene rings is 1. The molecule has 0 atom stereocenters. The van der Waals surface area contributed by atoms with Crippen LogP contribution in [-0.4, -0.2) is 40.6 Å². The van der Waals surface area contributed by atoms with Crippen LogP contribution in [0, 0.1) is 0 Å². The summed E-state index contributed by atoms with van der Waals surface area (Å²) in [6.07, 6.45) is 0. The molecule has 0 aliphatic rings. The second kappa shape index (κ2) is 5.16. The maximum Gasteiger partial charge on any atom is 0.360 e. The van der Waals surface area contributed by atoms with Crippen LogP contribution in [0.1, 0.15) is 10.4 Å². The van der Waals surface area contributed by atoms with E-state index in [0.717, 1.165) is 0 Å². The number of hydrogen-bond donors (Lipinski definition) is 2. The van der Waals surface area contributed by atoms with Crippen molar-refractivity contribution < 1.29 is 14.7 Å². The second-order valence-electron chi connectivity index (χ2n) is 1.92. The number of phenolic OH excluding ortho intramolecular Hbond substituents is 1. The van der Waals surface area contributed by atoms with Crippen LogP contribution in [0.15, 0.2) is 24.3 Å². The van der Waals surface area contributed by atoms with E-state index in [4.69, 9.17) is 5.11 Å². The minimum absolute atomic E-state index is 0. The van der Waals surface area contributed by atoms with Gasteiger partial charge in [-0.05, 0) is 12.1 Å². The maximum atomic E-state index is 10.7. The zero-order chi connectivity index (χ0) is 8.27. The minimum Gasteiger partial charge on any atom is -0.507 e. The summed E-state index contributed by atoms with van der Waals surface area (Å²) < 4.78 is 0. The molecule has 59 valence electrons. The van der Waals surface area contributed by atoms with Gasteiger partial charge in [0.25, 0.3) is 0 Å². The maximum absolute atomic E-state index is 10.7. The van der Waals surface area contributed by atoms with E-state index in [2.05, 4.69) is 10.7 Å². The summed E-state index contributed by atoms with van der Waals surface area (Å²) in [5.74, 6) is 3.73. The van der Waals surface area contributed by atoms with Crippen molar-refractivity contribution in [3.05, 3.63) is 29.8 Å². The van der Waals surface area contributed by atoms with E-state index >= 15 is 0 Å². The molecule has 0 aromatic heterocycles. The first-order valence-electron chi connectivity index (χ1n) is 2.94. The third-order valence-corrected chi connectivity index (χ3v) is 1.23. The fraction of sp³-hybridized carbons (Fsp3) is 0. The summed E-state index contributed by atoms with van der Waals surface area (Å²) in [5, 5.41) is 9.06. The van der Waals surface area contributed by atoms with Gasteiger partial charge in [-0.15, -0.1) is 0 Å². The molecule has 1 aromatic rings. The summed E-state index contributed by atoms with van der Waals surface area (Å²) in [5.41, 5.74) is 0.0648. The van der Waals surface area contributed by atoms with E-state index in [0.29, 0.717) is 0 Å². The Bertz CT molecular complexity index is 277. The molecule has 0 aliphatic heterocycles. The van der Waals surface area contributed by atoms with Crippen molar-refractivity contribution in [3.63, 3.8) is 0 Å². The topological polar surface area (TPSA) is 72.5 Å². The zero-order valence-corrected chi connectivity index (χ0v) is 8.65. The standard InChI is InChI=1S/C7H7NO3.Na/c8-11-7(10)5-3-1-2-4-6(5)9;/h1-4,9H,8H2;. The predicted molar refractivity (Wildman–Crippen MR) is 43.5 cm³/mol. The number of aromatic hydroxyl groups is 1. The van der Waals surface area contributed by atoms with Gasteiger partial charge in [-0.1, -0.05) is 12.1 Å². The van der Waals surface area contributed by atoms with Gasteiger partial charge in [-0.3, -0.25) is 0 Å². The SMILES string of the molecule is NOC(=O)c1ccccc1O.[Na]. The van der Waals surface area contributed by atoms with Gasteiger partial charge in [-0.25, -0.2) is 4.79 Å². The Morgan fingerprint density at radius 2 is 2.00 bits per heavy atom. The number of nitrogens with two attached hydrogens (primary N) is 1. The molecule has 12 heavy (non-hydrogen) atoms. The van der Waals surface area contributed by atoms with Crippen molar-refractivity contribution in [2.24, 2.45) is 5.90 Å². The van der Waals surface area contributed by atoms with Crippen molar-refractivity contribution in [2.45, 2.75) is 0 Å². The van der Waals surface area contributed by atoms with E-state index in [1.165, 1.54) is 12.1 Å². The molecule has 0 bridgehead atoms. The molecule has 1 aromatic carbocycles. The zero-order valence-electron chi connectivity index (χ0n) is 6.65. The number of carbonyl (C=O) groups is 1. The fourth-order valence-corrected chi connectivity index (χ4v) is 0.710. The van der Waals surface area contributed by atoms with Gasteiger partial charge < -0.3 is 9.94 Å². The molecule has 0 heterocycles. The van der Waals surface area contributed by atoms with Crippen LogP contribution >= 0.6 is 0 Å². The molecule has 3 N–H and O–H groups in total. The van der Waals surface area contributed by atoms with Gasteiger partial charge in [0, 0.05) is 29.6 Å². The van der Waals surface area contributed by atoms with Crippen LogP contribution in [0.2, 0.25) is 0 Å². The Morgan fingerprint density at radius 1 is 1.42 bits per heavy atom. The first-order chi connectivity index (χ1) is 5.25. The number of hydrogen-bond acceptors (Lipinski definition) is 4. The van der Waals surface area contributed by atoms with Crippen molar-refractivity contribution in [2.75, 3.05) is 0 Å². The Morgan fingerprint density at radius 3 is 2.50 bits per heavy atom. The summed E-state index contributed by atoms with van der Waals surface area (Å²) in [6.45, 7) is 0. The van der Waals surface area contributed by atoms with E-state index < -0.39 is 5.97 Å². The van der Waals surface area contributed by atoms with Gasteiger partial charge in [0.05, 0.1) is 0 Å². The third-order valence-electron chi connectivity index (χ3n) is 1.23. The van der Waals surface area contributed by atoms with Crippen molar-refractivity contribution in [1.29, 1.82) is 0 Å². The normalized spacial score (nSPS) is 8.42. The van der Waals surface area contributed by atoms with Gasteiger partial charge in [0.15, 0.2) is 0 Å². The molecule has 5 heteroatoms. The van der Waals surface area contributed by atoms with Gasteiger partial charge in [0.2, 0.25) is 0 Å². The summed E-state index contributed by atoms with van der Waals surface area (Å²) in [4.78, 5) is 14.6. The third kappa shape index (κ3) is 2.49. The Balaban J connectivity index is 0.00000121. The van der Waals surface area contributed by atoms with Gasteiger partial charge >= 0.3 is 5.97 Å². The molecule has 4 nitrogen and oxygen atoms in total. The predicted octanol–water partition coefficient (Wildman–Crippen LogP) is 0.0419. The molecule has 0 saturated heterocycles. The van der Waals surface area contributed by atoms with Crippen molar-refractivity contribution in [3.8, 4) is 5.75 Å². The molecule has 1 radical (unpaired) electrons. The quantitative estimate of drug-likeness (QED) is 0.468. The largest absolute Gasteiger partial charge is 0.507 e. The first-order valence-corrected chi connectivity index (χ1v) is 2.94. The van der Waals surface area contributed by atoms with Crippen molar-refractivity contribution >= 4 is 35.5 Å². The fourth-order valence-electron chi connectivity index (χ4n) is 0.710. The Labute approximate surface area is 91.6 Å². The molecular weight excluding hydrogens is 169 g/mol. The summed E-state index contributed by atoms with van der Waals surface area (Å²) in [6, 6.07) is 6.01. The molecule has 0 aliphatic carbocycles. The number of carbonyl (C=O) groups excluding carboxylic acids is 1. The molecule has 0 saturated carbocycles. The Hall–Kier alpha value is -0.550. The molecule has 0 fully saturated rings. The molecule has 0 spiro atoms. The van der Waals surface area contributed by atoms with Crippen LogP contribution < -0.4 is 5.90 Å². The Kier molecular flexibility index (Phi) is 4.92. The summed E-state index contributed by atoms with van der Waals surface area (Å²) in [7, 11) is 0. The average molecular weight is 176 g/mol. The molecular formula is C7H7NNaO3. The van der Waals surface area contributed by atoms with Crippen LogP contribution in [0.3, 0.4) is 0 Å². The second-order valence-corrected chi connectivity index (χ2v) is 1.92. The van der Waals surface area contributed by atoms with Crippen molar-refractivity contribution in [1.82, 2.24) is 0 Å². The summed E-state index contributed by atoms with van der Waals surface area (Å²) >= 11 is 0. The smallest absolute Gasteiger partial charge is 0.360 e. The number of rotatable bonds is 1. The van der Waals surface area contributed by atoms with E-state index in [9.17, 15) is 4.79 Å². The van der Waals surface area contributed by atoms with E-state index in [1.807, 2.05) is 0 Å². The van der Waals surface area contributed by atoms with Gasteiger partial charge in [-0.2, -0.15) is 5.90 Å². The van der Waals surface area contributed by atoms with Crippen LogP contribution in [0.4, 0.5) is 0 Å². The van der Waals surface area contributed by atoms with Gasteiger partial charge in [0.1, 0.15) is 11.3 Å². The molecule has 0 amide bonds. The first kappa shape index (κ1) is 11.4. The molecule has 1 rings (SSSR count).